The third kappa shape index (κ3) is 7.41. The summed E-state index contributed by atoms with van der Waals surface area (Å²) in [5.41, 5.74) is -0.811. The quantitative estimate of drug-likeness (QED) is 0.177. The third-order valence-electron chi connectivity index (χ3n) is 4.30. The lowest BCUT2D eigenvalue weighted by Gasteiger charge is -2.15. The second kappa shape index (κ2) is 10.7. The summed E-state index contributed by atoms with van der Waals surface area (Å²) < 4.78 is 72.2. The van der Waals surface area contributed by atoms with Gasteiger partial charge in [-0.3, -0.25) is 0 Å². The molecule has 0 radical (unpaired) electrons. The molecule has 1 atom stereocenters. The van der Waals surface area contributed by atoms with Crippen LogP contribution in [0.25, 0.3) is 0 Å². The zero-order valence-electron chi connectivity index (χ0n) is 17.5. The Morgan fingerprint density at radius 1 is 0.758 bits per heavy atom. The summed E-state index contributed by atoms with van der Waals surface area (Å²) in [6, 6.07) is 15.9. The Bertz CT molecular complexity index is 1030. The van der Waals surface area contributed by atoms with Gasteiger partial charge < -0.3 is 18.9 Å². The molecule has 3 rings (SSSR count). The molecule has 0 amide bonds. The number of hydrogen-bond acceptors (Lipinski definition) is 5. The van der Waals surface area contributed by atoms with Crippen LogP contribution in [0, 0.1) is 5.82 Å². The van der Waals surface area contributed by atoms with Gasteiger partial charge in [-0.1, -0.05) is 0 Å². The van der Waals surface area contributed by atoms with E-state index in [1.807, 2.05) is 0 Å². The van der Waals surface area contributed by atoms with E-state index in [1.165, 1.54) is 43.3 Å². The molecule has 0 aliphatic carbocycles. The molecule has 0 N–H and O–H groups in total. The van der Waals surface area contributed by atoms with E-state index in [0.29, 0.717) is 11.5 Å². The van der Waals surface area contributed by atoms with Gasteiger partial charge in [0.2, 0.25) is 0 Å². The summed E-state index contributed by atoms with van der Waals surface area (Å²) in [7, 11) is 0. The highest BCUT2D eigenvalue weighted by atomic mass is 19.4. The van der Waals surface area contributed by atoms with Crippen LogP contribution in [0.2, 0.25) is 0 Å². The molecule has 33 heavy (non-hydrogen) atoms. The smallest absolute Gasteiger partial charge is 0.416 e. The highest BCUT2D eigenvalue weighted by molar-refractivity contribution is 5.77. The molecule has 0 aromatic heterocycles. The lowest BCUT2D eigenvalue weighted by molar-refractivity contribution is -0.141. The summed E-state index contributed by atoms with van der Waals surface area (Å²) >= 11 is 0. The second-order valence-corrected chi connectivity index (χ2v) is 6.83. The molecular formula is C24H20F4O5. The first-order chi connectivity index (χ1) is 15.7. The molecule has 0 saturated heterocycles. The molecule has 0 aliphatic heterocycles. The van der Waals surface area contributed by atoms with Gasteiger partial charge in [0.05, 0.1) is 5.56 Å². The van der Waals surface area contributed by atoms with Crippen LogP contribution in [0.4, 0.5) is 17.6 Å². The Morgan fingerprint density at radius 3 is 1.73 bits per heavy atom. The van der Waals surface area contributed by atoms with E-state index < -0.39 is 23.8 Å². The largest absolute Gasteiger partial charge is 0.490 e. The van der Waals surface area contributed by atoms with Gasteiger partial charge in [0.15, 0.2) is 6.10 Å². The molecule has 0 fully saturated rings. The SMILES string of the molecule is CC(Oc1ccc(C(F)(F)F)cc1)C(=O)Oc1ccc(OCCOc2ccc(F)cc2)cc1. The molecule has 5 nitrogen and oxygen atoms in total. The lowest BCUT2D eigenvalue weighted by Crippen LogP contribution is -2.28. The number of esters is 1. The molecule has 0 heterocycles. The lowest BCUT2D eigenvalue weighted by atomic mass is 10.2. The number of halogens is 4. The van der Waals surface area contributed by atoms with Crippen LogP contribution in [0.15, 0.2) is 72.8 Å². The van der Waals surface area contributed by atoms with Crippen LogP contribution in [-0.4, -0.2) is 25.3 Å². The fraction of sp³-hybridized carbons (Fsp3) is 0.208. The van der Waals surface area contributed by atoms with Gasteiger partial charge in [0.25, 0.3) is 0 Å². The average Bonchev–Trinajstić information content (AvgIpc) is 2.78. The van der Waals surface area contributed by atoms with Crippen LogP contribution >= 0.6 is 0 Å². The standard InChI is InChI=1S/C24H20F4O5/c1-16(32-21-6-2-17(3-7-21)24(26,27)28)23(29)33-22-12-10-20(11-13-22)31-15-14-30-19-8-4-18(25)5-9-19/h2-13,16H,14-15H2,1H3. The van der Waals surface area contributed by atoms with Crippen molar-refractivity contribution < 1.29 is 41.3 Å². The minimum absolute atomic E-state index is 0.110. The van der Waals surface area contributed by atoms with E-state index >= 15 is 0 Å². The minimum atomic E-state index is -4.45. The number of ether oxygens (including phenoxy) is 4. The van der Waals surface area contributed by atoms with Gasteiger partial charge in [0.1, 0.15) is 42.0 Å². The normalized spacial score (nSPS) is 12.0. The Kier molecular flexibility index (Phi) is 7.76. The van der Waals surface area contributed by atoms with Gasteiger partial charge in [0, 0.05) is 0 Å². The first-order valence-electron chi connectivity index (χ1n) is 9.87. The zero-order valence-corrected chi connectivity index (χ0v) is 17.5. The van der Waals surface area contributed by atoms with Gasteiger partial charge in [-0.2, -0.15) is 13.2 Å². The molecular weight excluding hydrogens is 444 g/mol. The van der Waals surface area contributed by atoms with Crippen molar-refractivity contribution in [2.24, 2.45) is 0 Å². The van der Waals surface area contributed by atoms with Crippen molar-refractivity contribution in [3.8, 4) is 23.0 Å². The van der Waals surface area contributed by atoms with Gasteiger partial charge in [-0.15, -0.1) is 0 Å². The molecule has 1 unspecified atom stereocenters. The highest BCUT2D eigenvalue weighted by Gasteiger charge is 2.30. The van der Waals surface area contributed by atoms with Crippen LogP contribution in [0.1, 0.15) is 12.5 Å². The Morgan fingerprint density at radius 2 is 1.21 bits per heavy atom. The Labute approximate surface area is 187 Å². The molecule has 0 bridgehead atoms. The Balaban J connectivity index is 1.42. The van der Waals surface area contributed by atoms with E-state index in [9.17, 15) is 22.4 Å². The molecule has 3 aromatic rings. The number of carbonyl (C=O) groups excluding carboxylic acids is 1. The van der Waals surface area contributed by atoms with Crippen molar-refractivity contribution in [3.05, 3.63) is 84.2 Å². The number of carbonyl (C=O) groups is 1. The summed E-state index contributed by atoms with van der Waals surface area (Å²) in [5.74, 6) is 0.342. The molecule has 0 spiro atoms. The topological polar surface area (TPSA) is 54.0 Å². The highest BCUT2D eigenvalue weighted by Crippen LogP contribution is 2.30. The van der Waals surface area contributed by atoms with Crippen molar-refractivity contribution in [1.29, 1.82) is 0 Å². The second-order valence-electron chi connectivity index (χ2n) is 6.83. The summed E-state index contributed by atoms with van der Waals surface area (Å²) in [6.45, 7) is 1.92. The van der Waals surface area contributed by atoms with E-state index in [2.05, 4.69) is 0 Å². The van der Waals surface area contributed by atoms with E-state index in [0.717, 1.165) is 24.3 Å². The third-order valence-corrected chi connectivity index (χ3v) is 4.30. The van der Waals surface area contributed by atoms with Crippen LogP contribution in [0.5, 0.6) is 23.0 Å². The molecule has 0 saturated carbocycles. The maximum absolute atomic E-state index is 12.8. The summed E-state index contributed by atoms with van der Waals surface area (Å²) in [6.07, 6.45) is -5.49. The van der Waals surface area contributed by atoms with Gasteiger partial charge >= 0.3 is 12.1 Å². The van der Waals surface area contributed by atoms with Gasteiger partial charge in [-0.25, -0.2) is 9.18 Å². The molecule has 3 aromatic carbocycles. The predicted octanol–water partition coefficient (Wildman–Crippen LogP) is 5.68. The van der Waals surface area contributed by atoms with Crippen LogP contribution in [-0.2, 0) is 11.0 Å². The molecule has 9 heteroatoms. The van der Waals surface area contributed by atoms with E-state index in [-0.39, 0.29) is 30.5 Å². The van der Waals surface area contributed by atoms with Gasteiger partial charge in [-0.05, 0) is 79.7 Å². The fourth-order valence-electron chi connectivity index (χ4n) is 2.63. The van der Waals surface area contributed by atoms with Crippen molar-refractivity contribution in [1.82, 2.24) is 0 Å². The average molecular weight is 464 g/mol. The maximum atomic E-state index is 12.8. The minimum Gasteiger partial charge on any atom is -0.490 e. The first kappa shape index (κ1) is 23.9. The van der Waals surface area contributed by atoms with Crippen LogP contribution in [0.3, 0.4) is 0 Å². The monoisotopic (exact) mass is 464 g/mol. The van der Waals surface area contributed by atoms with Crippen molar-refractivity contribution >= 4 is 5.97 Å². The fourth-order valence-corrected chi connectivity index (χ4v) is 2.63. The maximum Gasteiger partial charge on any atom is 0.416 e. The van der Waals surface area contributed by atoms with Crippen molar-refractivity contribution in [3.63, 3.8) is 0 Å². The number of rotatable bonds is 9. The number of hydrogen-bond donors (Lipinski definition) is 0. The summed E-state index contributed by atoms with van der Waals surface area (Å²) in [5, 5.41) is 0. The molecule has 174 valence electrons. The predicted molar refractivity (Wildman–Crippen MR) is 111 cm³/mol. The molecule has 0 aliphatic rings. The summed E-state index contributed by atoms with van der Waals surface area (Å²) in [4.78, 5) is 12.2. The van der Waals surface area contributed by atoms with E-state index in [4.69, 9.17) is 18.9 Å². The number of alkyl halides is 3. The van der Waals surface area contributed by atoms with Crippen molar-refractivity contribution in [2.45, 2.75) is 19.2 Å². The first-order valence-corrected chi connectivity index (χ1v) is 9.87. The van der Waals surface area contributed by atoms with E-state index in [1.54, 1.807) is 12.1 Å². The Hall–Kier alpha value is -3.75. The zero-order chi connectivity index (χ0) is 23.8. The number of benzene rings is 3. The van der Waals surface area contributed by atoms with Crippen LogP contribution < -0.4 is 18.9 Å². The van der Waals surface area contributed by atoms with Crippen molar-refractivity contribution in [2.75, 3.05) is 13.2 Å².